The summed E-state index contributed by atoms with van der Waals surface area (Å²) in [5.74, 6) is 3.45. The van der Waals surface area contributed by atoms with Gasteiger partial charge in [0.15, 0.2) is 11.8 Å². The molecule has 3 fully saturated rings. The summed E-state index contributed by atoms with van der Waals surface area (Å²) in [6.07, 6.45) is 7.90. The van der Waals surface area contributed by atoms with E-state index in [9.17, 15) is 0 Å². The van der Waals surface area contributed by atoms with Crippen LogP contribution < -0.4 is 10.6 Å². The third-order valence-electron chi connectivity index (χ3n) is 6.28. The highest BCUT2D eigenvalue weighted by Gasteiger charge is 2.38. The summed E-state index contributed by atoms with van der Waals surface area (Å²) in [5, 5.41) is 15.8. The number of hydrogen-bond donors (Lipinski definition) is 2. The fourth-order valence-corrected chi connectivity index (χ4v) is 4.24. The third kappa shape index (κ3) is 5.13. The predicted octanol–water partition coefficient (Wildman–Crippen LogP) is 2.20. The van der Waals surface area contributed by atoms with Crippen molar-refractivity contribution in [3.63, 3.8) is 0 Å². The van der Waals surface area contributed by atoms with Crippen molar-refractivity contribution in [2.75, 3.05) is 13.1 Å². The maximum absolute atomic E-state index is 4.87. The molecular weight excluding hydrogens is 453 g/mol. The van der Waals surface area contributed by atoms with E-state index in [0.29, 0.717) is 24.5 Å². The molecule has 1 aromatic rings. The van der Waals surface area contributed by atoms with Gasteiger partial charge in [0, 0.05) is 38.3 Å². The normalized spacial score (nSPS) is 27.0. The van der Waals surface area contributed by atoms with Gasteiger partial charge in [0.05, 0.1) is 0 Å². The zero-order chi connectivity index (χ0) is 18.1. The van der Waals surface area contributed by atoms with Gasteiger partial charge in [0.2, 0.25) is 0 Å². The van der Waals surface area contributed by atoms with Gasteiger partial charge >= 0.3 is 0 Å². The number of halogens is 1. The molecule has 2 N–H and O–H groups in total. The molecular formula is C19H34IN7. The minimum absolute atomic E-state index is 0. The molecule has 0 spiro atoms. The van der Waals surface area contributed by atoms with E-state index in [1.165, 1.54) is 45.1 Å². The van der Waals surface area contributed by atoms with Gasteiger partial charge in [-0.1, -0.05) is 19.8 Å². The van der Waals surface area contributed by atoms with Gasteiger partial charge in [-0.25, -0.2) is 4.99 Å². The Morgan fingerprint density at radius 2 is 1.85 bits per heavy atom. The molecule has 2 aliphatic carbocycles. The maximum atomic E-state index is 4.87. The van der Waals surface area contributed by atoms with Crippen molar-refractivity contribution in [2.45, 2.75) is 77.0 Å². The van der Waals surface area contributed by atoms with Gasteiger partial charge < -0.3 is 15.2 Å². The monoisotopic (exact) mass is 487 g/mol. The van der Waals surface area contributed by atoms with Crippen LogP contribution in [0.25, 0.3) is 0 Å². The zero-order valence-electron chi connectivity index (χ0n) is 16.8. The number of guanidine groups is 1. The second-order valence-corrected chi connectivity index (χ2v) is 8.43. The quantitative estimate of drug-likeness (QED) is 0.379. The van der Waals surface area contributed by atoms with E-state index in [-0.39, 0.29) is 24.0 Å². The Balaban J connectivity index is 0.00000210. The second-order valence-electron chi connectivity index (χ2n) is 8.43. The van der Waals surface area contributed by atoms with Gasteiger partial charge in [-0.2, -0.15) is 0 Å². The van der Waals surface area contributed by atoms with Gasteiger partial charge in [0.1, 0.15) is 12.4 Å². The number of likely N-dealkylation sites (tertiary alicyclic amines) is 1. The minimum atomic E-state index is 0. The van der Waals surface area contributed by atoms with Crippen LogP contribution in [-0.2, 0) is 13.6 Å². The van der Waals surface area contributed by atoms with Crippen LogP contribution >= 0.6 is 24.0 Å². The largest absolute Gasteiger partial charge is 0.354 e. The number of nitrogens with one attached hydrogen (secondary N) is 2. The molecule has 3 aliphatic rings. The Kier molecular flexibility index (Phi) is 6.99. The van der Waals surface area contributed by atoms with Crippen LogP contribution in [0, 0.1) is 12.8 Å². The fraction of sp³-hybridized carbons (Fsp3) is 0.842. The van der Waals surface area contributed by atoms with E-state index < -0.39 is 0 Å². The summed E-state index contributed by atoms with van der Waals surface area (Å²) in [7, 11) is 2.00. The Hall–Kier alpha value is -0.900. The molecule has 1 aliphatic heterocycles. The molecule has 27 heavy (non-hydrogen) atoms. The van der Waals surface area contributed by atoms with Crippen molar-refractivity contribution >= 4 is 29.9 Å². The van der Waals surface area contributed by atoms with E-state index in [4.69, 9.17) is 4.99 Å². The highest BCUT2D eigenvalue weighted by molar-refractivity contribution is 14.0. The van der Waals surface area contributed by atoms with E-state index >= 15 is 0 Å². The maximum Gasteiger partial charge on any atom is 0.192 e. The molecule has 1 aromatic heterocycles. The van der Waals surface area contributed by atoms with E-state index in [0.717, 1.165) is 30.2 Å². The standard InChI is InChI=1S/C19H33N7.HI/c1-13-11-26(16-8-9-16)12-17(13)22-19(21-15-6-4-5-7-15)20-10-18-24-23-14(2)25(18)3;/h13,15-17H,4-12H2,1-3H3,(H2,20,21,22);1H. The topological polar surface area (TPSA) is 70.4 Å². The first-order valence-corrected chi connectivity index (χ1v) is 10.3. The number of aryl methyl sites for hydroxylation is 1. The Bertz CT molecular complexity index is 648. The predicted molar refractivity (Wildman–Crippen MR) is 118 cm³/mol. The summed E-state index contributed by atoms with van der Waals surface area (Å²) in [6.45, 7) is 7.25. The fourth-order valence-electron chi connectivity index (χ4n) is 4.24. The molecule has 0 amide bonds. The average molecular weight is 487 g/mol. The van der Waals surface area contributed by atoms with E-state index in [1.54, 1.807) is 0 Å². The average Bonchev–Trinajstić information content (AvgIpc) is 3.10. The number of aliphatic imine (C=N–C) groups is 1. The molecule has 2 saturated carbocycles. The first-order chi connectivity index (χ1) is 12.6. The summed E-state index contributed by atoms with van der Waals surface area (Å²) in [4.78, 5) is 7.52. The molecule has 2 heterocycles. The van der Waals surface area contributed by atoms with E-state index in [1.807, 2.05) is 18.5 Å². The van der Waals surface area contributed by atoms with Gasteiger partial charge in [-0.3, -0.25) is 4.90 Å². The first-order valence-electron chi connectivity index (χ1n) is 10.3. The van der Waals surface area contributed by atoms with Crippen LogP contribution in [0.5, 0.6) is 0 Å². The molecule has 1 saturated heterocycles. The Morgan fingerprint density at radius 1 is 1.11 bits per heavy atom. The van der Waals surface area contributed by atoms with Crippen molar-refractivity contribution in [3.05, 3.63) is 11.6 Å². The molecule has 2 unspecified atom stereocenters. The summed E-state index contributed by atoms with van der Waals surface area (Å²) in [6, 6.07) is 1.87. The SMILES string of the molecule is Cc1nnc(CN=C(NC2CCCC2)NC2CN(C3CC3)CC2C)n1C.I. The Morgan fingerprint density at radius 3 is 2.48 bits per heavy atom. The van der Waals surface area contributed by atoms with Crippen LogP contribution in [0.4, 0.5) is 0 Å². The van der Waals surface area contributed by atoms with Crippen LogP contribution in [0.2, 0.25) is 0 Å². The summed E-state index contributed by atoms with van der Waals surface area (Å²) >= 11 is 0. The van der Waals surface area contributed by atoms with Crippen molar-refractivity contribution in [2.24, 2.45) is 18.0 Å². The molecule has 0 aromatic carbocycles. The minimum Gasteiger partial charge on any atom is -0.354 e. The lowest BCUT2D eigenvalue weighted by Crippen LogP contribution is -2.49. The summed E-state index contributed by atoms with van der Waals surface area (Å²) in [5.41, 5.74) is 0. The smallest absolute Gasteiger partial charge is 0.192 e. The number of aromatic nitrogens is 3. The highest BCUT2D eigenvalue weighted by atomic mass is 127. The number of rotatable bonds is 5. The lowest BCUT2D eigenvalue weighted by Gasteiger charge is -2.23. The van der Waals surface area contributed by atoms with Crippen molar-refractivity contribution < 1.29 is 0 Å². The van der Waals surface area contributed by atoms with Gasteiger partial charge in [-0.05, 0) is 38.5 Å². The molecule has 152 valence electrons. The van der Waals surface area contributed by atoms with Crippen LogP contribution in [0.3, 0.4) is 0 Å². The van der Waals surface area contributed by atoms with E-state index in [2.05, 4.69) is 32.7 Å². The molecule has 2 atom stereocenters. The lowest BCUT2D eigenvalue weighted by molar-refractivity contribution is 0.315. The molecule has 7 nitrogen and oxygen atoms in total. The Labute approximate surface area is 179 Å². The van der Waals surface area contributed by atoms with Crippen molar-refractivity contribution in [1.29, 1.82) is 0 Å². The second kappa shape index (κ2) is 9.07. The zero-order valence-corrected chi connectivity index (χ0v) is 19.1. The van der Waals surface area contributed by atoms with Crippen molar-refractivity contribution in [3.8, 4) is 0 Å². The number of nitrogens with zero attached hydrogens (tertiary/aromatic N) is 5. The first kappa shape index (κ1) is 20.8. The third-order valence-corrected chi connectivity index (χ3v) is 6.28. The highest BCUT2D eigenvalue weighted by Crippen LogP contribution is 2.31. The molecule has 4 rings (SSSR count). The summed E-state index contributed by atoms with van der Waals surface area (Å²) < 4.78 is 2.02. The molecule has 0 bridgehead atoms. The van der Waals surface area contributed by atoms with Crippen LogP contribution in [0.15, 0.2) is 4.99 Å². The molecule has 8 heteroatoms. The van der Waals surface area contributed by atoms with Crippen LogP contribution in [-0.4, -0.2) is 56.8 Å². The van der Waals surface area contributed by atoms with Gasteiger partial charge in [0.25, 0.3) is 0 Å². The van der Waals surface area contributed by atoms with Crippen molar-refractivity contribution in [1.82, 2.24) is 30.3 Å². The van der Waals surface area contributed by atoms with Gasteiger partial charge in [-0.15, -0.1) is 34.2 Å². The van der Waals surface area contributed by atoms with Crippen LogP contribution in [0.1, 0.15) is 57.1 Å². The number of hydrogen-bond acceptors (Lipinski definition) is 4. The lowest BCUT2D eigenvalue weighted by atomic mass is 10.1. The molecule has 0 radical (unpaired) electrons.